The molecule has 0 saturated carbocycles. The highest BCUT2D eigenvalue weighted by molar-refractivity contribution is 5.94. The third-order valence-corrected chi connectivity index (χ3v) is 6.09. The zero-order valence-electron chi connectivity index (χ0n) is 17.5. The number of pyridine rings is 1. The first-order valence-corrected chi connectivity index (χ1v) is 10.5. The third-order valence-electron chi connectivity index (χ3n) is 6.09. The molecule has 7 nitrogen and oxygen atoms in total. The number of amides is 2. The van der Waals surface area contributed by atoms with Crippen LogP contribution in [0.25, 0.3) is 0 Å². The van der Waals surface area contributed by atoms with Crippen molar-refractivity contribution in [3.63, 3.8) is 0 Å². The van der Waals surface area contributed by atoms with Crippen LogP contribution in [0.3, 0.4) is 0 Å². The van der Waals surface area contributed by atoms with Gasteiger partial charge in [0.2, 0.25) is 0 Å². The second-order valence-electron chi connectivity index (χ2n) is 8.37. The van der Waals surface area contributed by atoms with Gasteiger partial charge >= 0.3 is 0 Å². The molecule has 1 atom stereocenters. The van der Waals surface area contributed by atoms with E-state index in [2.05, 4.69) is 10.1 Å². The molecule has 0 bridgehead atoms. The minimum atomic E-state index is -0.0505. The maximum absolute atomic E-state index is 13.3. The first-order chi connectivity index (χ1) is 14.0. The van der Waals surface area contributed by atoms with Gasteiger partial charge in [0.05, 0.1) is 11.3 Å². The number of carbonyl (C=O) groups excluding carboxylic acids is 2. The number of rotatable bonds is 3. The Morgan fingerprint density at radius 3 is 2.66 bits per heavy atom. The van der Waals surface area contributed by atoms with E-state index in [1.165, 1.54) is 0 Å². The van der Waals surface area contributed by atoms with Gasteiger partial charge in [-0.15, -0.1) is 0 Å². The molecule has 2 aliphatic rings. The van der Waals surface area contributed by atoms with Gasteiger partial charge in [0.15, 0.2) is 0 Å². The molecule has 2 aromatic heterocycles. The SMILES string of the molecule is CN(C)C(=O)c1ccc(C2CCCN(C(=O)c3c4c(nn3C)CCCC4)C2)nc1. The van der Waals surface area contributed by atoms with Crippen molar-refractivity contribution in [1.29, 1.82) is 0 Å². The number of hydrogen-bond donors (Lipinski definition) is 0. The van der Waals surface area contributed by atoms with Crippen molar-refractivity contribution in [1.82, 2.24) is 24.6 Å². The molecule has 1 fully saturated rings. The van der Waals surface area contributed by atoms with E-state index in [4.69, 9.17) is 0 Å². The molecule has 1 saturated heterocycles. The highest BCUT2D eigenvalue weighted by Crippen LogP contribution is 2.29. The van der Waals surface area contributed by atoms with Crippen molar-refractivity contribution in [3.8, 4) is 0 Å². The van der Waals surface area contributed by atoms with E-state index in [9.17, 15) is 9.59 Å². The molecule has 4 rings (SSSR count). The standard InChI is InChI=1S/C22H29N5O2/c1-25(2)21(28)15-10-11-18(23-13-15)16-7-6-12-27(14-16)22(29)20-17-8-4-5-9-19(17)24-26(20)3/h10-11,13,16H,4-9,12,14H2,1-3H3. The monoisotopic (exact) mass is 395 g/mol. The second kappa shape index (κ2) is 7.97. The Morgan fingerprint density at radius 2 is 1.93 bits per heavy atom. The quantitative estimate of drug-likeness (QED) is 0.800. The van der Waals surface area contributed by atoms with Crippen LogP contribution >= 0.6 is 0 Å². The van der Waals surface area contributed by atoms with E-state index >= 15 is 0 Å². The lowest BCUT2D eigenvalue weighted by atomic mass is 9.92. The van der Waals surface area contributed by atoms with Crippen molar-refractivity contribution in [3.05, 3.63) is 46.5 Å². The van der Waals surface area contributed by atoms with Gasteiger partial charge in [0, 0.05) is 57.6 Å². The molecule has 2 amide bonds. The predicted molar refractivity (Wildman–Crippen MR) is 110 cm³/mol. The van der Waals surface area contributed by atoms with Crippen LogP contribution < -0.4 is 0 Å². The van der Waals surface area contributed by atoms with Gasteiger partial charge < -0.3 is 9.80 Å². The highest BCUT2D eigenvalue weighted by Gasteiger charge is 2.31. The average molecular weight is 396 g/mol. The summed E-state index contributed by atoms with van der Waals surface area (Å²) in [6.07, 6.45) is 7.81. The fraction of sp³-hybridized carbons (Fsp3) is 0.545. The van der Waals surface area contributed by atoms with Crippen LogP contribution in [0.2, 0.25) is 0 Å². The van der Waals surface area contributed by atoms with E-state index in [1.807, 2.05) is 24.1 Å². The lowest BCUT2D eigenvalue weighted by Gasteiger charge is -2.33. The summed E-state index contributed by atoms with van der Waals surface area (Å²) in [7, 11) is 5.35. The molecule has 0 aromatic carbocycles. The van der Waals surface area contributed by atoms with Gasteiger partial charge in [-0.05, 0) is 50.7 Å². The van der Waals surface area contributed by atoms with Crippen LogP contribution in [-0.2, 0) is 19.9 Å². The topological polar surface area (TPSA) is 71.3 Å². The zero-order chi connectivity index (χ0) is 20.5. The Labute approximate surface area is 171 Å². The van der Waals surface area contributed by atoms with Crippen molar-refractivity contribution >= 4 is 11.8 Å². The zero-order valence-corrected chi connectivity index (χ0v) is 17.5. The molecular formula is C22H29N5O2. The van der Waals surface area contributed by atoms with E-state index in [1.54, 1.807) is 29.9 Å². The summed E-state index contributed by atoms with van der Waals surface area (Å²) in [5, 5.41) is 4.61. The number of piperidine rings is 1. The van der Waals surface area contributed by atoms with Gasteiger partial charge in [-0.2, -0.15) is 5.10 Å². The van der Waals surface area contributed by atoms with Crippen LogP contribution in [0, 0.1) is 0 Å². The Bertz CT molecular complexity index is 916. The van der Waals surface area contributed by atoms with Crippen LogP contribution in [0.4, 0.5) is 0 Å². The van der Waals surface area contributed by atoms with Gasteiger partial charge in [0.1, 0.15) is 5.69 Å². The van der Waals surface area contributed by atoms with Crippen LogP contribution in [0.1, 0.15) is 69.4 Å². The molecule has 2 aromatic rings. The number of hydrogen-bond acceptors (Lipinski definition) is 4. The second-order valence-corrected chi connectivity index (χ2v) is 8.37. The number of carbonyl (C=O) groups is 2. The Morgan fingerprint density at radius 1 is 1.14 bits per heavy atom. The van der Waals surface area contributed by atoms with Gasteiger partial charge in [-0.1, -0.05) is 0 Å². The first kappa shape index (κ1) is 19.6. The van der Waals surface area contributed by atoms with Gasteiger partial charge in [-0.25, -0.2) is 0 Å². The number of fused-ring (bicyclic) bond motifs is 1. The van der Waals surface area contributed by atoms with E-state index < -0.39 is 0 Å². The molecule has 0 radical (unpaired) electrons. The van der Waals surface area contributed by atoms with E-state index in [0.29, 0.717) is 12.1 Å². The van der Waals surface area contributed by atoms with Gasteiger partial charge in [-0.3, -0.25) is 19.3 Å². The number of nitrogens with zero attached hydrogens (tertiary/aromatic N) is 5. The molecule has 1 aliphatic heterocycles. The summed E-state index contributed by atoms with van der Waals surface area (Å²) in [6.45, 7) is 1.43. The molecule has 154 valence electrons. The van der Waals surface area contributed by atoms with Crippen LogP contribution in [0.5, 0.6) is 0 Å². The fourth-order valence-corrected chi connectivity index (χ4v) is 4.53. The highest BCUT2D eigenvalue weighted by atomic mass is 16.2. The average Bonchev–Trinajstić information content (AvgIpc) is 3.08. The Kier molecular flexibility index (Phi) is 5.39. The van der Waals surface area contributed by atoms with Crippen molar-refractivity contribution in [2.45, 2.75) is 44.4 Å². The molecule has 0 N–H and O–H groups in total. The van der Waals surface area contributed by atoms with Crippen molar-refractivity contribution in [2.75, 3.05) is 27.2 Å². The van der Waals surface area contributed by atoms with Crippen molar-refractivity contribution in [2.24, 2.45) is 7.05 Å². The molecule has 29 heavy (non-hydrogen) atoms. The summed E-state index contributed by atoms with van der Waals surface area (Å²) >= 11 is 0. The molecular weight excluding hydrogens is 366 g/mol. The molecule has 0 spiro atoms. The minimum absolute atomic E-state index is 0.0505. The fourth-order valence-electron chi connectivity index (χ4n) is 4.53. The summed E-state index contributed by atoms with van der Waals surface area (Å²) in [5.41, 5.74) is 4.54. The van der Waals surface area contributed by atoms with E-state index in [0.717, 1.165) is 67.7 Å². The largest absolute Gasteiger partial charge is 0.345 e. The normalized spacial score (nSPS) is 19.0. The Hall–Kier alpha value is -2.70. The molecule has 1 unspecified atom stereocenters. The maximum atomic E-state index is 13.3. The summed E-state index contributed by atoms with van der Waals surface area (Å²) in [5.74, 6) is 0.234. The van der Waals surface area contributed by atoms with Crippen LogP contribution in [0.15, 0.2) is 18.3 Å². The summed E-state index contributed by atoms with van der Waals surface area (Å²) in [6, 6.07) is 3.77. The van der Waals surface area contributed by atoms with Crippen LogP contribution in [-0.4, -0.2) is 63.6 Å². The van der Waals surface area contributed by atoms with Crippen molar-refractivity contribution < 1.29 is 9.59 Å². The number of likely N-dealkylation sites (tertiary alicyclic amines) is 1. The smallest absolute Gasteiger partial charge is 0.272 e. The molecule has 3 heterocycles. The third kappa shape index (κ3) is 3.78. The predicted octanol–water partition coefficient (Wildman–Crippen LogP) is 2.42. The number of aromatic nitrogens is 3. The maximum Gasteiger partial charge on any atom is 0.272 e. The first-order valence-electron chi connectivity index (χ1n) is 10.5. The summed E-state index contributed by atoms with van der Waals surface area (Å²) in [4.78, 5) is 33.5. The van der Waals surface area contributed by atoms with E-state index in [-0.39, 0.29) is 17.7 Å². The molecule has 7 heteroatoms. The molecule has 1 aliphatic carbocycles. The minimum Gasteiger partial charge on any atom is -0.345 e. The lowest BCUT2D eigenvalue weighted by Crippen LogP contribution is -2.40. The van der Waals surface area contributed by atoms with Gasteiger partial charge in [0.25, 0.3) is 11.8 Å². The Balaban J connectivity index is 1.51. The number of aryl methyl sites for hydroxylation is 2. The lowest BCUT2D eigenvalue weighted by molar-refractivity contribution is 0.0693. The summed E-state index contributed by atoms with van der Waals surface area (Å²) < 4.78 is 1.78.